The largest absolute Gasteiger partial charge is 0.462 e. The molecule has 1 heterocycles. The number of carbonyl (C=O) groups is 1. The van der Waals surface area contributed by atoms with Crippen LogP contribution in [0.4, 0.5) is 5.00 Å². The fraction of sp³-hybridized carbons (Fsp3) is 0.292. The Bertz CT molecular complexity index is 1200. The van der Waals surface area contributed by atoms with Crippen LogP contribution in [-0.4, -0.2) is 21.0 Å². The number of halogens is 1. The van der Waals surface area contributed by atoms with Crippen LogP contribution in [0.1, 0.15) is 46.1 Å². The second kappa shape index (κ2) is 9.65. The van der Waals surface area contributed by atoms with Gasteiger partial charge in [0, 0.05) is 9.90 Å². The van der Waals surface area contributed by atoms with E-state index in [2.05, 4.69) is 0 Å². The zero-order chi connectivity index (χ0) is 22.7. The number of ether oxygens (including phenoxy) is 1. The molecule has 0 bridgehead atoms. The summed E-state index contributed by atoms with van der Waals surface area (Å²) in [6.45, 7) is 2.06. The highest BCUT2D eigenvalue weighted by Gasteiger charge is 2.34. The molecule has 0 radical (unpaired) electrons. The van der Waals surface area contributed by atoms with Gasteiger partial charge in [-0.2, -0.15) is 0 Å². The number of hydrogen-bond acceptors (Lipinski definition) is 5. The van der Waals surface area contributed by atoms with E-state index in [0.717, 1.165) is 41.7 Å². The molecule has 0 aliphatic heterocycles. The van der Waals surface area contributed by atoms with Crippen molar-refractivity contribution in [3.63, 3.8) is 0 Å². The summed E-state index contributed by atoms with van der Waals surface area (Å²) < 4.78 is 34.3. The third kappa shape index (κ3) is 4.56. The van der Waals surface area contributed by atoms with Gasteiger partial charge >= 0.3 is 5.97 Å². The first-order chi connectivity index (χ1) is 15.4. The van der Waals surface area contributed by atoms with Gasteiger partial charge < -0.3 is 4.74 Å². The third-order valence-corrected chi connectivity index (χ3v) is 8.87. The summed E-state index contributed by atoms with van der Waals surface area (Å²) in [6.07, 6.45) is 3.59. The van der Waals surface area contributed by atoms with Crippen LogP contribution in [0.2, 0.25) is 5.02 Å². The number of sulfonamides is 1. The molecule has 168 valence electrons. The summed E-state index contributed by atoms with van der Waals surface area (Å²) in [5.41, 5.74) is 2.09. The number of fused-ring (bicyclic) bond motifs is 1. The van der Waals surface area contributed by atoms with Crippen LogP contribution >= 0.6 is 22.9 Å². The SMILES string of the molecule is CCOC(=O)c1c(N(Cc2ccc(Cl)cc2)S(=O)(=O)c2ccccc2)sc2c1CCCC2. The lowest BCUT2D eigenvalue weighted by Crippen LogP contribution is -2.31. The zero-order valence-corrected chi connectivity index (χ0v) is 20.1. The van der Waals surface area contributed by atoms with Crippen molar-refractivity contribution in [1.29, 1.82) is 0 Å². The maximum Gasteiger partial charge on any atom is 0.341 e. The summed E-state index contributed by atoms with van der Waals surface area (Å²) in [5.74, 6) is -0.466. The molecule has 32 heavy (non-hydrogen) atoms. The number of esters is 1. The zero-order valence-electron chi connectivity index (χ0n) is 17.7. The minimum absolute atomic E-state index is 0.0835. The fourth-order valence-electron chi connectivity index (χ4n) is 3.88. The van der Waals surface area contributed by atoms with E-state index in [1.54, 1.807) is 61.5 Å². The van der Waals surface area contributed by atoms with Gasteiger partial charge in [0.2, 0.25) is 0 Å². The average molecular weight is 490 g/mol. The first-order valence-electron chi connectivity index (χ1n) is 10.6. The smallest absolute Gasteiger partial charge is 0.341 e. The van der Waals surface area contributed by atoms with Gasteiger partial charge in [0.15, 0.2) is 0 Å². The van der Waals surface area contributed by atoms with Crippen molar-refractivity contribution in [2.45, 2.75) is 44.0 Å². The lowest BCUT2D eigenvalue weighted by Gasteiger charge is -2.24. The van der Waals surface area contributed by atoms with Gasteiger partial charge in [-0.05, 0) is 68.0 Å². The van der Waals surface area contributed by atoms with E-state index in [1.807, 2.05) is 0 Å². The van der Waals surface area contributed by atoms with Gasteiger partial charge in [-0.25, -0.2) is 13.2 Å². The van der Waals surface area contributed by atoms with Gasteiger partial charge in [0.05, 0.1) is 23.6 Å². The van der Waals surface area contributed by atoms with E-state index < -0.39 is 16.0 Å². The molecule has 5 nitrogen and oxygen atoms in total. The molecule has 3 aromatic rings. The number of hydrogen-bond donors (Lipinski definition) is 0. The maximum atomic E-state index is 13.8. The molecule has 1 aliphatic rings. The summed E-state index contributed by atoms with van der Waals surface area (Å²) >= 11 is 7.42. The monoisotopic (exact) mass is 489 g/mol. The second-order valence-corrected chi connectivity index (χ2v) is 10.9. The lowest BCUT2D eigenvalue weighted by atomic mass is 9.95. The van der Waals surface area contributed by atoms with Crippen molar-refractivity contribution in [1.82, 2.24) is 0 Å². The van der Waals surface area contributed by atoms with Crippen LogP contribution in [0.15, 0.2) is 59.5 Å². The highest BCUT2D eigenvalue weighted by atomic mass is 35.5. The normalized spacial score (nSPS) is 13.4. The summed E-state index contributed by atoms with van der Waals surface area (Å²) in [6, 6.07) is 15.4. The van der Waals surface area contributed by atoms with E-state index in [4.69, 9.17) is 16.3 Å². The number of carbonyl (C=O) groups excluding carboxylic acids is 1. The molecule has 4 rings (SSSR count). The van der Waals surface area contributed by atoms with Crippen LogP contribution < -0.4 is 4.31 Å². The summed E-state index contributed by atoms with van der Waals surface area (Å²) in [4.78, 5) is 14.3. The second-order valence-electron chi connectivity index (χ2n) is 7.56. The molecule has 2 aromatic carbocycles. The molecular formula is C24H24ClNO4S2. The Morgan fingerprint density at radius 2 is 1.75 bits per heavy atom. The number of anilines is 1. The van der Waals surface area contributed by atoms with Crippen molar-refractivity contribution in [2.75, 3.05) is 10.9 Å². The highest BCUT2D eigenvalue weighted by Crippen LogP contribution is 2.43. The fourth-order valence-corrected chi connectivity index (χ4v) is 7.08. The van der Waals surface area contributed by atoms with E-state index in [1.165, 1.54) is 15.6 Å². The molecule has 1 aliphatic carbocycles. The van der Waals surface area contributed by atoms with Crippen LogP contribution in [0, 0.1) is 0 Å². The number of nitrogens with zero attached hydrogens (tertiary/aromatic N) is 1. The number of aryl methyl sites for hydroxylation is 1. The van der Waals surface area contributed by atoms with Gasteiger partial charge in [-0.15, -0.1) is 11.3 Å². The van der Waals surface area contributed by atoms with E-state index in [9.17, 15) is 13.2 Å². The molecule has 0 atom stereocenters. The molecule has 8 heteroatoms. The first-order valence-corrected chi connectivity index (χ1v) is 13.2. The van der Waals surface area contributed by atoms with Crippen molar-refractivity contribution < 1.29 is 17.9 Å². The predicted octanol–water partition coefficient (Wildman–Crippen LogP) is 5.85. The minimum Gasteiger partial charge on any atom is -0.462 e. The average Bonchev–Trinajstić information content (AvgIpc) is 3.18. The van der Waals surface area contributed by atoms with Gasteiger partial charge in [-0.1, -0.05) is 41.9 Å². The Labute approximate surface area is 197 Å². The molecule has 0 fully saturated rings. The third-order valence-electron chi connectivity index (χ3n) is 5.43. The standard InChI is InChI=1S/C24H24ClNO4S2/c1-2-30-24(27)22-20-10-6-7-11-21(20)31-23(22)26(16-17-12-14-18(25)15-13-17)32(28,29)19-8-4-3-5-9-19/h3-5,8-9,12-15H,2,6-7,10-11,16H2,1H3. The van der Waals surface area contributed by atoms with Crippen molar-refractivity contribution in [3.8, 4) is 0 Å². The molecule has 0 amide bonds. The summed E-state index contributed by atoms with van der Waals surface area (Å²) in [5, 5.41) is 0.999. The predicted molar refractivity (Wildman–Crippen MR) is 128 cm³/mol. The van der Waals surface area contributed by atoms with Gasteiger partial charge in [-0.3, -0.25) is 4.31 Å². The van der Waals surface area contributed by atoms with E-state index >= 15 is 0 Å². The Balaban J connectivity index is 1.89. The molecule has 0 spiro atoms. The maximum absolute atomic E-state index is 13.8. The Morgan fingerprint density at radius 1 is 1.06 bits per heavy atom. The molecule has 0 unspecified atom stereocenters. The van der Waals surface area contributed by atoms with E-state index in [0.29, 0.717) is 15.6 Å². The topological polar surface area (TPSA) is 63.7 Å². The number of benzene rings is 2. The molecule has 0 saturated carbocycles. The Kier molecular flexibility index (Phi) is 6.88. The molecule has 0 N–H and O–H groups in total. The lowest BCUT2D eigenvalue weighted by molar-refractivity contribution is 0.0526. The van der Waals surface area contributed by atoms with Gasteiger partial charge in [0.1, 0.15) is 5.00 Å². The highest BCUT2D eigenvalue weighted by molar-refractivity contribution is 7.93. The Morgan fingerprint density at radius 3 is 2.44 bits per heavy atom. The molecular weight excluding hydrogens is 466 g/mol. The van der Waals surface area contributed by atoms with Crippen molar-refractivity contribution in [3.05, 3.63) is 81.2 Å². The van der Waals surface area contributed by atoms with Gasteiger partial charge in [0.25, 0.3) is 10.0 Å². The Hall–Kier alpha value is -2.35. The van der Waals surface area contributed by atoms with Crippen LogP contribution in [0.25, 0.3) is 0 Å². The van der Waals surface area contributed by atoms with E-state index in [-0.39, 0.29) is 18.0 Å². The van der Waals surface area contributed by atoms with Crippen LogP contribution in [0.3, 0.4) is 0 Å². The quantitative estimate of drug-likeness (QED) is 0.390. The minimum atomic E-state index is -3.93. The first kappa shape index (κ1) is 22.8. The summed E-state index contributed by atoms with van der Waals surface area (Å²) in [7, 11) is -3.93. The van der Waals surface area contributed by atoms with Crippen LogP contribution in [-0.2, 0) is 34.1 Å². The van der Waals surface area contributed by atoms with Crippen molar-refractivity contribution in [2.24, 2.45) is 0 Å². The molecule has 0 saturated heterocycles. The van der Waals surface area contributed by atoms with Crippen LogP contribution in [0.5, 0.6) is 0 Å². The number of thiophene rings is 1. The van der Waals surface area contributed by atoms with Crippen molar-refractivity contribution >= 4 is 43.9 Å². The molecule has 1 aromatic heterocycles. The number of rotatable bonds is 7.